The minimum Gasteiger partial charge on any atom is -0.469 e. The monoisotopic (exact) mass is 366 g/mol. The van der Waals surface area contributed by atoms with E-state index in [0.717, 1.165) is 36.2 Å². The third-order valence-electron chi connectivity index (χ3n) is 6.04. The maximum atomic E-state index is 11.8. The highest BCUT2D eigenvalue weighted by Gasteiger charge is 2.58. The van der Waals surface area contributed by atoms with E-state index in [1.54, 1.807) is 28.5 Å². The van der Waals surface area contributed by atoms with E-state index >= 15 is 0 Å². The first-order valence-electron chi connectivity index (χ1n) is 9.24. The Kier molecular flexibility index (Phi) is 3.35. The van der Waals surface area contributed by atoms with Crippen LogP contribution in [0.3, 0.4) is 0 Å². The second-order valence-electron chi connectivity index (χ2n) is 7.79. The number of ether oxygens (including phenoxy) is 1. The van der Waals surface area contributed by atoms with Crippen molar-refractivity contribution < 1.29 is 9.53 Å². The molecule has 1 aliphatic carbocycles. The molecule has 2 fully saturated rings. The molecule has 0 bridgehead atoms. The molecule has 2 aliphatic rings. The van der Waals surface area contributed by atoms with Crippen molar-refractivity contribution in [3.63, 3.8) is 0 Å². The Morgan fingerprint density at radius 2 is 2.19 bits per heavy atom. The van der Waals surface area contributed by atoms with Gasteiger partial charge in [0.05, 0.1) is 24.3 Å². The summed E-state index contributed by atoms with van der Waals surface area (Å²) in [5, 5.41) is 8.59. The zero-order valence-corrected chi connectivity index (χ0v) is 15.7. The van der Waals surface area contributed by atoms with Crippen LogP contribution in [0.2, 0.25) is 0 Å². The molecular weight excluding hydrogens is 344 g/mol. The van der Waals surface area contributed by atoms with Gasteiger partial charge in [0.2, 0.25) is 11.8 Å². The minimum atomic E-state index is -0.319. The lowest BCUT2D eigenvalue weighted by molar-refractivity contribution is -0.139. The third kappa shape index (κ3) is 2.43. The fourth-order valence-electron chi connectivity index (χ4n) is 4.62. The summed E-state index contributed by atoms with van der Waals surface area (Å²) in [6.45, 7) is 4.59. The molecule has 8 nitrogen and oxygen atoms in total. The van der Waals surface area contributed by atoms with Crippen molar-refractivity contribution in [2.75, 3.05) is 6.54 Å². The van der Waals surface area contributed by atoms with Crippen LogP contribution in [-0.4, -0.2) is 53.4 Å². The first-order valence-corrected chi connectivity index (χ1v) is 9.24. The average molecular weight is 366 g/mol. The van der Waals surface area contributed by atoms with E-state index in [-0.39, 0.29) is 17.6 Å². The fraction of sp³-hybridized carbons (Fsp3) is 0.474. The minimum absolute atomic E-state index is 0.152. The number of aryl methyl sites for hydroxylation is 1. The first kappa shape index (κ1) is 16.3. The van der Waals surface area contributed by atoms with E-state index in [9.17, 15) is 4.79 Å². The van der Waals surface area contributed by atoms with Crippen LogP contribution in [-0.2, 0) is 11.8 Å². The summed E-state index contributed by atoms with van der Waals surface area (Å²) >= 11 is 0. The van der Waals surface area contributed by atoms with Gasteiger partial charge in [0, 0.05) is 50.7 Å². The maximum Gasteiger partial charge on any atom is 0.241 e. The summed E-state index contributed by atoms with van der Waals surface area (Å²) < 4.78 is 10.0. The van der Waals surface area contributed by atoms with Gasteiger partial charge in [-0.15, -0.1) is 0 Å². The van der Waals surface area contributed by atoms with Gasteiger partial charge in [-0.3, -0.25) is 9.48 Å². The van der Waals surface area contributed by atoms with Crippen molar-refractivity contribution in [2.45, 2.75) is 38.3 Å². The fourth-order valence-corrected chi connectivity index (χ4v) is 4.62. The predicted octanol–water partition coefficient (Wildman–Crippen LogP) is 1.91. The van der Waals surface area contributed by atoms with Gasteiger partial charge in [-0.1, -0.05) is 0 Å². The van der Waals surface area contributed by atoms with Gasteiger partial charge < -0.3 is 9.64 Å². The van der Waals surface area contributed by atoms with Crippen molar-refractivity contribution in [1.82, 2.24) is 29.3 Å². The molecule has 8 heteroatoms. The highest BCUT2D eigenvalue weighted by atomic mass is 16.5. The molecule has 3 aromatic heterocycles. The van der Waals surface area contributed by atoms with E-state index in [4.69, 9.17) is 9.72 Å². The largest absolute Gasteiger partial charge is 0.469 e. The van der Waals surface area contributed by atoms with Crippen molar-refractivity contribution in [3.05, 3.63) is 30.9 Å². The second kappa shape index (κ2) is 5.55. The van der Waals surface area contributed by atoms with Crippen LogP contribution in [0.15, 0.2) is 30.9 Å². The lowest BCUT2D eigenvalue weighted by Crippen LogP contribution is -2.61. The van der Waals surface area contributed by atoms with Crippen LogP contribution >= 0.6 is 0 Å². The molecule has 0 unspecified atom stereocenters. The summed E-state index contributed by atoms with van der Waals surface area (Å²) in [5.74, 6) is 1.07. The van der Waals surface area contributed by atoms with E-state index in [0.29, 0.717) is 11.8 Å². The van der Waals surface area contributed by atoms with Gasteiger partial charge in [0.1, 0.15) is 11.1 Å². The molecule has 5 rings (SSSR count). The number of aromatic nitrogens is 5. The molecule has 1 saturated heterocycles. The first-order chi connectivity index (χ1) is 12.9. The molecule has 0 radical (unpaired) electrons. The molecule has 1 aliphatic heterocycles. The Balaban J connectivity index is 1.49. The quantitative estimate of drug-likeness (QED) is 0.708. The average Bonchev–Trinajstić information content (AvgIpc) is 3.32. The summed E-state index contributed by atoms with van der Waals surface area (Å²) in [5.41, 5.74) is 2.21. The van der Waals surface area contributed by atoms with Crippen LogP contribution in [0, 0.1) is 5.92 Å². The highest BCUT2D eigenvalue weighted by Crippen LogP contribution is 2.50. The molecule has 0 aromatic carbocycles. The SMILES string of the molecule is CC(=O)N1CC[C@H]2[C@@H]1C[C@@]2(C)Oc1nc(-c2cnn(C)c2)cn2nccc12. The van der Waals surface area contributed by atoms with Crippen LogP contribution in [0.1, 0.15) is 26.7 Å². The Bertz CT molecular complexity index is 1040. The third-order valence-corrected chi connectivity index (χ3v) is 6.04. The number of amides is 1. The predicted molar refractivity (Wildman–Crippen MR) is 98.1 cm³/mol. The van der Waals surface area contributed by atoms with Gasteiger partial charge in [0.15, 0.2) is 0 Å². The molecule has 1 saturated carbocycles. The normalized spacial score (nSPS) is 26.9. The van der Waals surface area contributed by atoms with Crippen molar-refractivity contribution >= 4 is 11.4 Å². The summed E-state index contributed by atoms with van der Waals surface area (Å²) in [4.78, 5) is 18.6. The number of carbonyl (C=O) groups is 1. The van der Waals surface area contributed by atoms with E-state index in [1.165, 1.54) is 0 Å². The second-order valence-corrected chi connectivity index (χ2v) is 7.79. The molecule has 140 valence electrons. The molecule has 1 amide bonds. The van der Waals surface area contributed by atoms with Crippen LogP contribution in [0.4, 0.5) is 0 Å². The van der Waals surface area contributed by atoms with Crippen molar-refractivity contribution in [3.8, 4) is 17.1 Å². The van der Waals surface area contributed by atoms with Gasteiger partial charge in [-0.25, -0.2) is 9.50 Å². The van der Waals surface area contributed by atoms with Crippen LogP contribution in [0.5, 0.6) is 5.88 Å². The zero-order chi connectivity index (χ0) is 18.8. The summed E-state index contributed by atoms with van der Waals surface area (Å²) in [6, 6.07) is 2.20. The zero-order valence-electron chi connectivity index (χ0n) is 15.7. The van der Waals surface area contributed by atoms with Crippen LogP contribution < -0.4 is 4.74 Å². The van der Waals surface area contributed by atoms with Gasteiger partial charge >= 0.3 is 0 Å². The summed E-state index contributed by atoms with van der Waals surface area (Å²) in [7, 11) is 1.88. The molecule has 0 N–H and O–H groups in total. The van der Waals surface area contributed by atoms with Gasteiger partial charge in [-0.2, -0.15) is 10.2 Å². The number of nitrogens with zero attached hydrogens (tertiary/aromatic N) is 6. The van der Waals surface area contributed by atoms with E-state index in [1.807, 2.05) is 30.4 Å². The number of hydrogen-bond donors (Lipinski definition) is 0. The van der Waals surface area contributed by atoms with Gasteiger partial charge in [0.25, 0.3) is 0 Å². The molecule has 0 spiro atoms. The lowest BCUT2D eigenvalue weighted by Gasteiger charge is -2.51. The highest BCUT2D eigenvalue weighted by molar-refractivity contribution is 5.74. The summed E-state index contributed by atoms with van der Waals surface area (Å²) in [6.07, 6.45) is 9.14. The van der Waals surface area contributed by atoms with Gasteiger partial charge in [-0.05, 0) is 19.4 Å². The van der Waals surface area contributed by atoms with E-state index < -0.39 is 0 Å². The molecule has 27 heavy (non-hydrogen) atoms. The molecular formula is C19H22N6O2. The lowest BCUT2D eigenvalue weighted by atomic mass is 9.66. The van der Waals surface area contributed by atoms with Crippen molar-refractivity contribution in [2.24, 2.45) is 13.0 Å². The molecule has 4 heterocycles. The van der Waals surface area contributed by atoms with E-state index in [2.05, 4.69) is 17.1 Å². The number of likely N-dealkylation sites (tertiary alicyclic amines) is 1. The number of rotatable bonds is 3. The Morgan fingerprint density at radius 3 is 2.93 bits per heavy atom. The molecule has 3 atom stereocenters. The topological polar surface area (TPSA) is 77.6 Å². The Morgan fingerprint density at radius 1 is 1.33 bits per heavy atom. The van der Waals surface area contributed by atoms with Crippen LogP contribution in [0.25, 0.3) is 16.8 Å². The molecule has 3 aromatic rings. The number of fused-ring (bicyclic) bond motifs is 2. The Hall–Kier alpha value is -2.90. The standard InChI is InChI=1S/C19H22N6O2/c1-12(26)24-7-5-14-17(24)8-19(14,2)27-18-16-4-6-20-25(16)11-15(22-18)13-9-21-23(3)10-13/h4,6,9-11,14,17H,5,7-8H2,1-3H3/t14-,17-,19+/m0/s1. The smallest absolute Gasteiger partial charge is 0.241 e. The Labute approximate surface area is 156 Å². The maximum absolute atomic E-state index is 11.8. The van der Waals surface area contributed by atoms with Crippen molar-refractivity contribution in [1.29, 1.82) is 0 Å². The number of hydrogen-bond acceptors (Lipinski definition) is 5. The number of carbonyl (C=O) groups excluding carboxylic acids is 1.